The maximum atomic E-state index is 12.0. The van der Waals surface area contributed by atoms with Crippen LogP contribution in [0.25, 0.3) is 0 Å². The molecule has 0 fully saturated rings. The van der Waals surface area contributed by atoms with Crippen molar-refractivity contribution in [2.75, 3.05) is 19.6 Å². The molecular formula is C13H18F2N2O2. The molecule has 0 bridgehead atoms. The van der Waals surface area contributed by atoms with Crippen molar-refractivity contribution in [2.24, 2.45) is 0 Å². The smallest absolute Gasteiger partial charge is 0.387 e. The number of halogens is 2. The number of carbonyl (C=O) groups is 1. The molecule has 0 radical (unpaired) electrons. The molecular weight excluding hydrogens is 254 g/mol. The fraction of sp³-hybridized carbons (Fsp3) is 0.462. The van der Waals surface area contributed by atoms with Crippen molar-refractivity contribution in [1.29, 1.82) is 0 Å². The predicted molar refractivity (Wildman–Crippen MR) is 68.6 cm³/mol. The molecule has 0 aliphatic heterocycles. The van der Waals surface area contributed by atoms with Crippen molar-refractivity contribution in [3.05, 3.63) is 29.8 Å². The van der Waals surface area contributed by atoms with Gasteiger partial charge in [0.25, 0.3) is 5.91 Å². The third-order valence-corrected chi connectivity index (χ3v) is 2.34. The number of alkyl halides is 2. The largest absolute Gasteiger partial charge is 0.435 e. The number of hydrogen-bond donors (Lipinski definition) is 2. The second-order valence-electron chi connectivity index (χ2n) is 3.91. The van der Waals surface area contributed by atoms with Crippen molar-refractivity contribution in [2.45, 2.75) is 20.0 Å². The lowest BCUT2D eigenvalue weighted by molar-refractivity contribution is -0.0498. The van der Waals surface area contributed by atoms with Crippen molar-refractivity contribution in [3.8, 4) is 5.75 Å². The molecule has 2 N–H and O–H groups in total. The van der Waals surface area contributed by atoms with Crippen LogP contribution in [0.15, 0.2) is 24.3 Å². The van der Waals surface area contributed by atoms with Crippen LogP contribution in [0.2, 0.25) is 0 Å². The van der Waals surface area contributed by atoms with E-state index in [0.29, 0.717) is 18.7 Å². The average Bonchev–Trinajstić information content (AvgIpc) is 2.38. The van der Waals surface area contributed by atoms with Gasteiger partial charge in [0.05, 0.1) is 0 Å². The molecule has 4 nitrogen and oxygen atoms in total. The molecule has 1 rings (SSSR count). The summed E-state index contributed by atoms with van der Waals surface area (Å²) in [5.74, 6) is -0.329. The Morgan fingerprint density at radius 2 is 2.11 bits per heavy atom. The van der Waals surface area contributed by atoms with Crippen molar-refractivity contribution < 1.29 is 18.3 Å². The normalized spacial score (nSPS) is 10.5. The topological polar surface area (TPSA) is 50.4 Å². The monoisotopic (exact) mass is 272 g/mol. The summed E-state index contributed by atoms with van der Waals surface area (Å²) in [6.07, 6.45) is 1.03. The number of rotatable bonds is 8. The maximum absolute atomic E-state index is 12.0. The molecule has 1 aromatic carbocycles. The first-order chi connectivity index (χ1) is 9.13. The van der Waals surface area contributed by atoms with E-state index in [1.165, 1.54) is 18.2 Å². The molecule has 0 unspecified atom stereocenters. The predicted octanol–water partition coefficient (Wildman–Crippen LogP) is 2.02. The van der Waals surface area contributed by atoms with E-state index >= 15 is 0 Å². The molecule has 0 heterocycles. The van der Waals surface area contributed by atoms with Crippen LogP contribution in [-0.2, 0) is 0 Å². The number of nitrogens with one attached hydrogen (secondary N) is 2. The van der Waals surface area contributed by atoms with E-state index in [1.54, 1.807) is 6.07 Å². The lowest BCUT2D eigenvalue weighted by atomic mass is 10.2. The third kappa shape index (κ3) is 6.15. The van der Waals surface area contributed by atoms with Gasteiger partial charge in [0.15, 0.2) is 0 Å². The fourth-order valence-corrected chi connectivity index (χ4v) is 1.48. The van der Waals surface area contributed by atoms with Gasteiger partial charge in [-0.2, -0.15) is 8.78 Å². The lowest BCUT2D eigenvalue weighted by Crippen LogP contribution is -2.32. The summed E-state index contributed by atoms with van der Waals surface area (Å²) in [7, 11) is 0. The van der Waals surface area contributed by atoms with Crippen LogP contribution >= 0.6 is 0 Å². The zero-order valence-corrected chi connectivity index (χ0v) is 10.8. The van der Waals surface area contributed by atoms with Gasteiger partial charge in [-0.3, -0.25) is 4.79 Å². The molecule has 0 aromatic heterocycles. The number of amides is 1. The zero-order chi connectivity index (χ0) is 14.1. The summed E-state index contributed by atoms with van der Waals surface area (Å²) in [5, 5.41) is 5.83. The second kappa shape index (κ2) is 8.42. The molecule has 0 spiro atoms. The summed E-state index contributed by atoms with van der Waals surface area (Å²) in [5.41, 5.74) is 0.300. The average molecular weight is 272 g/mol. The Bertz CT molecular complexity index is 400. The first-order valence-electron chi connectivity index (χ1n) is 6.17. The number of hydrogen-bond acceptors (Lipinski definition) is 3. The minimum absolute atomic E-state index is 0.0215. The zero-order valence-electron chi connectivity index (χ0n) is 10.8. The Morgan fingerprint density at radius 3 is 2.79 bits per heavy atom. The van der Waals surface area contributed by atoms with Gasteiger partial charge in [-0.1, -0.05) is 13.0 Å². The summed E-state index contributed by atoms with van der Waals surface area (Å²) < 4.78 is 28.3. The van der Waals surface area contributed by atoms with Gasteiger partial charge >= 0.3 is 6.61 Å². The molecule has 19 heavy (non-hydrogen) atoms. The van der Waals surface area contributed by atoms with Gasteiger partial charge in [0.2, 0.25) is 0 Å². The van der Waals surface area contributed by atoms with E-state index in [-0.39, 0.29) is 11.7 Å². The van der Waals surface area contributed by atoms with E-state index in [0.717, 1.165) is 13.0 Å². The summed E-state index contributed by atoms with van der Waals surface area (Å²) in [6.45, 7) is 1.22. The van der Waals surface area contributed by atoms with Crippen LogP contribution in [-0.4, -0.2) is 32.2 Å². The van der Waals surface area contributed by atoms with Gasteiger partial charge < -0.3 is 15.4 Å². The van der Waals surface area contributed by atoms with Gasteiger partial charge in [-0.15, -0.1) is 0 Å². The fourth-order valence-electron chi connectivity index (χ4n) is 1.48. The van der Waals surface area contributed by atoms with Crippen LogP contribution < -0.4 is 15.4 Å². The third-order valence-electron chi connectivity index (χ3n) is 2.34. The minimum atomic E-state index is -2.89. The number of benzene rings is 1. The molecule has 106 valence electrons. The standard InChI is InChI=1S/C13H18F2N2O2/c1-2-6-16-7-8-17-12(18)10-4-3-5-11(9-10)19-13(14)15/h3-5,9,13,16H,2,6-8H2,1H3,(H,17,18). The van der Waals surface area contributed by atoms with E-state index < -0.39 is 6.61 Å². The van der Waals surface area contributed by atoms with Crippen molar-refractivity contribution >= 4 is 5.91 Å². The highest BCUT2D eigenvalue weighted by Gasteiger charge is 2.08. The van der Waals surface area contributed by atoms with Gasteiger partial charge in [0, 0.05) is 18.7 Å². The van der Waals surface area contributed by atoms with E-state index in [4.69, 9.17) is 0 Å². The molecule has 0 aliphatic carbocycles. The van der Waals surface area contributed by atoms with Crippen molar-refractivity contribution in [3.63, 3.8) is 0 Å². The SMILES string of the molecule is CCCNCCNC(=O)c1cccc(OC(F)F)c1. The van der Waals surface area contributed by atoms with E-state index in [1.807, 2.05) is 0 Å². The number of ether oxygens (including phenoxy) is 1. The Balaban J connectivity index is 2.43. The van der Waals surface area contributed by atoms with Crippen LogP contribution in [0, 0.1) is 0 Å². The minimum Gasteiger partial charge on any atom is -0.435 e. The molecule has 0 saturated carbocycles. The first kappa shape index (κ1) is 15.4. The van der Waals surface area contributed by atoms with E-state index in [9.17, 15) is 13.6 Å². The molecule has 0 saturated heterocycles. The van der Waals surface area contributed by atoms with Gasteiger partial charge in [-0.05, 0) is 31.2 Å². The summed E-state index contributed by atoms with van der Waals surface area (Å²) in [4.78, 5) is 11.7. The Kier molecular flexibility index (Phi) is 6.81. The lowest BCUT2D eigenvalue weighted by Gasteiger charge is -2.08. The Labute approximate surface area is 111 Å². The van der Waals surface area contributed by atoms with Gasteiger partial charge in [0.1, 0.15) is 5.75 Å². The number of carbonyl (C=O) groups excluding carboxylic acids is 1. The van der Waals surface area contributed by atoms with Crippen LogP contribution in [0.3, 0.4) is 0 Å². The Hall–Kier alpha value is -1.69. The molecule has 0 aliphatic rings. The summed E-state index contributed by atoms with van der Waals surface area (Å²) >= 11 is 0. The van der Waals surface area contributed by atoms with Gasteiger partial charge in [-0.25, -0.2) is 0 Å². The molecule has 0 atom stereocenters. The summed E-state index contributed by atoms with van der Waals surface area (Å²) in [6, 6.07) is 5.72. The quantitative estimate of drug-likeness (QED) is 0.712. The first-order valence-corrected chi connectivity index (χ1v) is 6.17. The maximum Gasteiger partial charge on any atom is 0.387 e. The highest BCUT2D eigenvalue weighted by molar-refractivity contribution is 5.94. The second-order valence-corrected chi connectivity index (χ2v) is 3.91. The highest BCUT2D eigenvalue weighted by Crippen LogP contribution is 2.15. The van der Waals surface area contributed by atoms with Crippen LogP contribution in [0.5, 0.6) is 5.75 Å². The molecule has 1 amide bonds. The van der Waals surface area contributed by atoms with Crippen molar-refractivity contribution in [1.82, 2.24) is 10.6 Å². The highest BCUT2D eigenvalue weighted by atomic mass is 19.3. The van der Waals surface area contributed by atoms with Crippen LogP contribution in [0.4, 0.5) is 8.78 Å². The Morgan fingerprint density at radius 1 is 1.32 bits per heavy atom. The van der Waals surface area contributed by atoms with Crippen LogP contribution in [0.1, 0.15) is 23.7 Å². The molecule has 1 aromatic rings. The molecule has 6 heteroatoms. The van der Waals surface area contributed by atoms with E-state index in [2.05, 4.69) is 22.3 Å².